The van der Waals surface area contributed by atoms with Crippen molar-refractivity contribution in [3.8, 4) is 5.75 Å². The Morgan fingerprint density at radius 2 is 1.96 bits per heavy atom. The molecule has 5 nitrogen and oxygen atoms in total. The van der Waals surface area contributed by atoms with Gasteiger partial charge in [0, 0.05) is 18.3 Å². The first kappa shape index (κ1) is 16.6. The maximum absolute atomic E-state index is 6.29. The zero-order valence-electron chi connectivity index (χ0n) is 13.8. The van der Waals surface area contributed by atoms with Crippen molar-refractivity contribution in [1.82, 2.24) is 5.48 Å². The van der Waals surface area contributed by atoms with Gasteiger partial charge in [-0.15, -0.1) is 5.48 Å². The van der Waals surface area contributed by atoms with Crippen LogP contribution in [-0.2, 0) is 4.84 Å². The highest BCUT2D eigenvalue weighted by molar-refractivity contribution is 6.32. The van der Waals surface area contributed by atoms with E-state index in [4.69, 9.17) is 21.2 Å². The van der Waals surface area contributed by atoms with Gasteiger partial charge in [0.1, 0.15) is 5.75 Å². The first-order valence-electron chi connectivity index (χ1n) is 7.81. The fourth-order valence-corrected chi connectivity index (χ4v) is 2.61. The molecule has 1 unspecified atom stereocenters. The Morgan fingerprint density at radius 3 is 2.58 bits per heavy atom. The molecule has 1 atom stereocenters. The van der Waals surface area contributed by atoms with Gasteiger partial charge in [0.2, 0.25) is 5.90 Å². The summed E-state index contributed by atoms with van der Waals surface area (Å²) in [6.07, 6.45) is -0.221. The van der Waals surface area contributed by atoms with E-state index in [9.17, 15) is 0 Å². The zero-order chi connectivity index (χ0) is 17.1. The summed E-state index contributed by atoms with van der Waals surface area (Å²) in [6.45, 7) is 3.93. The lowest BCUT2D eigenvalue weighted by molar-refractivity contribution is 0.180. The Morgan fingerprint density at radius 1 is 1.21 bits per heavy atom. The molecule has 0 radical (unpaired) electrons. The van der Waals surface area contributed by atoms with Crippen LogP contribution in [0.4, 0.5) is 5.69 Å². The van der Waals surface area contributed by atoms with Crippen LogP contribution in [0.3, 0.4) is 0 Å². The third-order valence-corrected chi connectivity index (χ3v) is 3.86. The summed E-state index contributed by atoms with van der Waals surface area (Å²) in [5.41, 5.74) is 5.78. The predicted molar refractivity (Wildman–Crippen MR) is 96.7 cm³/mol. The number of anilines is 1. The minimum absolute atomic E-state index is 0.0755. The molecule has 2 aromatic rings. The monoisotopic (exact) mass is 345 g/mol. The standard InChI is InChI=1S/C18H20ClN3O2/c1-11(2)23-16-9-6-13(10-15(16)19)17-21-18(24-22-17)12-4-7-14(20-3)8-5-12/h4-11,17,20,22H,1-3H3. The van der Waals surface area contributed by atoms with E-state index in [0.29, 0.717) is 16.7 Å². The Balaban J connectivity index is 1.78. The van der Waals surface area contributed by atoms with Gasteiger partial charge in [0.05, 0.1) is 11.1 Å². The Hall–Kier alpha value is -2.24. The van der Waals surface area contributed by atoms with Gasteiger partial charge in [0.15, 0.2) is 6.17 Å². The first-order valence-corrected chi connectivity index (χ1v) is 8.19. The number of hydrogen-bond donors (Lipinski definition) is 2. The van der Waals surface area contributed by atoms with Crippen molar-refractivity contribution in [1.29, 1.82) is 0 Å². The summed E-state index contributed by atoms with van der Waals surface area (Å²) in [6, 6.07) is 13.5. The molecule has 3 rings (SSSR count). The number of rotatable bonds is 5. The summed E-state index contributed by atoms with van der Waals surface area (Å²) in [7, 11) is 1.88. The highest BCUT2D eigenvalue weighted by atomic mass is 35.5. The third kappa shape index (κ3) is 3.63. The van der Waals surface area contributed by atoms with Gasteiger partial charge in [-0.05, 0) is 55.8 Å². The lowest BCUT2D eigenvalue weighted by Crippen LogP contribution is -2.15. The second-order valence-corrected chi connectivity index (χ2v) is 6.15. The van der Waals surface area contributed by atoms with E-state index in [1.54, 1.807) is 0 Å². The highest BCUT2D eigenvalue weighted by Gasteiger charge is 2.22. The largest absolute Gasteiger partial charge is 0.489 e. The average molecular weight is 346 g/mol. The van der Waals surface area contributed by atoms with Crippen LogP contribution in [0.25, 0.3) is 0 Å². The van der Waals surface area contributed by atoms with E-state index in [1.807, 2.05) is 63.4 Å². The average Bonchev–Trinajstić information content (AvgIpc) is 3.06. The van der Waals surface area contributed by atoms with Crippen molar-refractivity contribution in [3.05, 3.63) is 58.6 Å². The molecule has 6 heteroatoms. The molecule has 0 saturated heterocycles. The molecule has 2 aromatic carbocycles. The van der Waals surface area contributed by atoms with Crippen molar-refractivity contribution in [2.45, 2.75) is 26.1 Å². The van der Waals surface area contributed by atoms with Crippen molar-refractivity contribution < 1.29 is 9.57 Å². The molecule has 24 heavy (non-hydrogen) atoms. The Bertz CT molecular complexity index is 744. The van der Waals surface area contributed by atoms with Crippen molar-refractivity contribution in [3.63, 3.8) is 0 Å². The molecule has 0 aromatic heterocycles. The Labute approximate surface area is 146 Å². The molecular weight excluding hydrogens is 326 g/mol. The van der Waals surface area contributed by atoms with E-state index in [2.05, 4.69) is 15.8 Å². The number of benzene rings is 2. The molecule has 0 saturated carbocycles. The molecule has 1 aliphatic rings. The minimum Gasteiger partial charge on any atom is -0.489 e. The number of halogens is 1. The van der Waals surface area contributed by atoms with Crippen molar-refractivity contribution in [2.75, 3.05) is 12.4 Å². The van der Waals surface area contributed by atoms with E-state index in [1.165, 1.54) is 0 Å². The smallest absolute Gasteiger partial charge is 0.242 e. The maximum atomic E-state index is 6.29. The molecule has 1 aliphatic heterocycles. The van der Waals surface area contributed by atoms with Crippen molar-refractivity contribution in [2.24, 2.45) is 4.99 Å². The van der Waals surface area contributed by atoms with Crippen molar-refractivity contribution >= 4 is 23.2 Å². The van der Waals surface area contributed by atoms with Crippen LogP contribution in [-0.4, -0.2) is 19.0 Å². The fourth-order valence-electron chi connectivity index (χ4n) is 2.37. The summed E-state index contributed by atoms with van der Waals surface area (Å²) >= 11 is 6.29. The minimum atomic E-state index is -0.297. The summed E-state index contributed by atoms with van der Waals surface area (Å²) in [5.74, 6) is 1.22. The molecule has 0 fully saturated rings. The SMILES string of the molecule is CNc1ccc(C2=NC(c3ccc(OC(C)C)c(Cl)c3)NO2)cc1. The number of hydrogen-bond acceptors (Lipinski definition) is 5. The third-order valence-electron chi connectivity index (χ3n) is 3.57. The second kappa shape index (κ2) is 7.11. The lowest BCUT2D eigenvalue weighted by Gasteiger charge is -2.13. The van der Waals surface area contributed by atoms with Gasteiger partial charge in [-0.2, -0.15) is 0 Å². The van der Waals surface area contributed by atoms with Gasteiger partial charge in [0.25, 0.3) is 0 Å². The number of nitrogens with one attached hydrogen (secondary N) is 2. The van der Waals surface area contributed by atoms with E-state index in [0.717, 1.165) is 16.8 Å². The molecule has 126 valence electrons. The van der Waals surface area contributed by atoms with E-state index < -0.39 is 0 Å². The summed E-state index contributed by atoms with van der Waals surface area (Å²) < 4.78 is 5.65. The lowest BCUT2D eigenvalue weighted by atomic mass is 10.1. The van der Waals surface area contributed by atoms with Crippen LogP contribution in [0.1, 0.15) is 31.1 Å². The second-order valence-electron chi connectivity index (χ2n) is 5.74. The van der Waals surface area contributed by atoms with Crippen LogP contribution in [0.2, 0.25) is 5.02 Å². The number of aliphatic imine (C=N–C) groups is 1. The van der Waals surface area contributed by atoms with Crippen LogP contribution in [0.15, 0.2) is 47.5 Å². The van der Waals surface area contributed by atoms with Crippen LogP contribution >= 0.6 is 11.6 Å². The Kier molecular flexibility index (Phi) is 4.92. The molecule has 0 bridgehead atoms. The quantitative estimate of drug-likeness (QED) is 0.854. The highest BCUT2D eigenvalue weighted by Crippen LogP contribution is 2.30. The van der Waals surface area contributed by atoms with Gasteiger partial charge in [-0.1, -0.05) is 17.7 Å². The molecule has 1 heterocycles. The summed E-state index contributed by atoms with van der Waals surface area (Å²) in [4.78, 5) is 10.1. The van der Waals surface area contributed by atoms with E-state index >= 15 is 0 Å². The van der Waals surface area contributed by atoms with Gasteiger partial charge in [-0.25, -0.2) is 4.99 Å². The van der Waals surface area contributed by atoms with Gasteiger partial charge < -0.3 is 14.9 Å². The van der Waals surface area contributed by atoms with Crippen LogP contribution < -0.4 is 15.5 Å². The maximum Gasteiger partial charge on any atom is 0.242 e. The summed E-state index contributed by atoms with van der Waals surface area (Å²) in [5, 5.41) is 3.64. The molecular formula is C18H20ClN3O2. The predicted octanol–water partition coefficient (Wildman–Crippen LogP) is 4.15. The molecule has 2 N–H and O–H groups in total. The zero-order valence-corrected chi connectivity index (χ0v) is 14.6. The topological polar surface area (TPSA) is 54.9 Å². The van der Waals surface area contributed by atoms with Crippen LogP contribution in [0.5, 0.6) is 5.75 Å². The van der Waals surface area contributed by atoms with Gasteiger partial charge >= 0.3 is 0 Å². The van der Waals surface area contributed by atoms with Crippen LogP contribution in [0, 0.1) is 0 Å². The molecule has 0 amide bonds. The normalized spacial score (nSPS) is 16.7. The fraction of sp³-hybridized carbons (Fsp3) is 0.278. The number of hydroxylamine groups is 1. The first-order chi connectivity index (χ1) is 11.6. The molecule has 0 spiro atoms. The molecule has 0 aliphatic carbocycles. The number of ether oxygens (including phenoxy) is 1. The number of nitrogens with zero attached hydrogens (tertiary/aromatic N) is 1. The van der Waals surface area contributed by atoms with E-state index in [-0.39, 0.29) is 12.3 Å². The van der Waals surface area contributed by atoms with Gasteiger partial charge in [-0.3, -0.25) is 0 Å².